The number of rotatable bonds is 2. The van der Waals surface area contributed by atoms with Crippen LogP contribution >= 0.6 is 27.5 Å². The van der Waals surface area contributed by atoms with Crippen molar-refractivity contribution in [3.8, 4) is 5.75 Å². The van der Waals surface area contributed by atoms with E-state index in [9.17, 15) is 0 Å². The molecule has 1 aromatic carbocycles. The highest BCUT2D eigenvalue weighted by Gasteiger charge is 2.28. The molecule has 2 rings (SSSR count). The summed E-state index contributed by atoms with van der Waals surface area (Å²) in [5.41, 5.74) is 2.17. The monoisotopic (exact) mass is 288 g/mol. The van der Waals surface area contributed by atoms with Crippen LogP contribution in [0.3, 0.4) is 0 Å². The van der Waals surface area contributed by atoms with E-state index in [1.54, 1.807) is 0 Å². The van der Waals surface area contributed by atoms with E-state index in [1.807, 2.05) is 26.0 Å². The lowest BCUT2D eigenvalue weighted by Gasteiger charge is -2.31. The molecule has 1 fully saturated rings. The summed E-state index contributed by atoms with van der Waals surface area (Å²) in [5, 5.41) is 0.842. The molecule has 0 radical (unpaired) electrons. The number of ether oxygens (including phenoxy) is 1. The zero-order valence-electron chi connectivity index (χ0n) is 8.89. The van der Waals surface area contributed by atoms with Gasteiger partial charge < -0.3 is 4.74 Å². The van der Waals surface area contributed by atoms with Crippen molar-refractivity contribution < 1.29 is 4.74 Å². The van der Waals surface area contributed by atoms with Crippen molar-refractivity contribution in [2.45, 2.75) is 37.6 Å². The Kier molecular flexibility index (Phi) is 3.27. The molecular formula is C12H14BrClO. The normalized spacial score (nSPS) is 24.8. The van der Waals surface area contributed by atoms with Crippen LogP contribution < -0.4 is 4.74 Å². The lowest BCUT2D eigenvalue weighted by atomic mass is 9.96. The fourth-order valence-corrected chi connectivity index (χ4v) is 2.71. The number of halogens is 2. The Morgan fingerprint density at radius 1 is 1.27 bits per heavy atom. The van der Waals surface area contributed by atoms with E-state index in [-0.39, 0.29) is 0 Å². The summed E-state index contributed by atoms with van der Waals surface area (Å²) in [6.45, 7) is 4.02. The molecule has 0 N–H and O–H groups in total. The molecule has 0 spiro atoms. The highest BCUT2D eigenvalue weighted by atomic mass is 79.9. The molecule has 1 aliphatic carbocycles. The molecule has 15 heavy (non-hydrogen) atoms. The molecule has 1 aromatic rings. The third kappa shape index (κ3) is 2.48. The first-order valence-electron chi connectivity index (χ1n) is 5.13. The van der Waals surface area contributed by atoms with E-state index in [0.29, 0.717) is 10.9 Å². The van der Waals surface area contributed by atoms with Gasteiger partial charge in [-0.05, 0) is 49.9 Å². The standard InChI is InChI=1S/C12H14BrClO/c1-7-3-10(4-8(2)12(7)14)15-11-5-9(13)6-11/h3-4,9,11H,5-6H2,1-2H3. The van der Waals surface area contributed by atoms with Crippen LogP contribution in [-0.2, 0) is 0 Å². The molecule has 0 aliphatic heterocycles. The summed E-state index contributed by atoms with van der Waals surface area (Å²) in [6, 6.07) is 4.02. The molecule has 0 atom stereocenters. The highest BCUT2D eigenvalue weighted by Crippen LogP contribution is 2.33. The maximum Gasteiger partial charge on any atom is 0.120 e. The van der Waals surface area contributed by atoms with Gasteiger partial charge >= 0.3 is 0 Å². The highest BCUT2D eigenvalue weighted by molar-refractivity contribution is 9.09. The molecule has 3 heteroatoms. The first-order chi connectivity index (χ1) is 7.06. The number of benzene rings is 1. The van der Waals surface area contributed by atoms with Crippen molar-refractivity contribution >= 4 is 27.5 Å². The lowest BCUT2D eigenvalue weighted by molar-refractivity contribution is 0.128. The van der Waals surface area contributed by atoms with Crippen molar-refractivity contribution in [1.29, 1.82) is 0 Å². The smallest absolute Gasteiger partial charge is 0.120 e. The van der Waals surface area contributed by atoms with Crippen molar-refractivity contribution in [2.24, 2.45) is 0 Å². The van der Waals surface area contributed by atoms with Crippen LogP contribution in [0.4, 0.5) is 0 Å². The maximum atomic E-state index is 6.09. The summed E-state index contributed by atoms with van der Waals surface area (Å²) < 4.78 is 5.85. The number of alkyl halides is 1. The Morgan fingerprint density at radius 2 is 1.80 bits per heavy atom. The van der Waals surface area contributed by atoms with Crippen LogP contribution in [0, 0.1) is 13.8 Å². The summed E-state index contributed by atoms with van der Waals surface area (Å²) in [6.07, 6.45) is 2.57. The number of hydrogen-bond donors (Lipinski definition) is 0. The molecule has 0 bridgehead atoms. The van der Waals surface area contributed by atoms with Gasteiger partial charge in [-0.15, -0.1) is 0 Å². The van der Waals surface area contributed by atoms with Gasteiger partial charge in [0.1, 0.15) is 11.9 Å². The van der Waals surface area contributed by atoms with Gasteiger partial charge in [-0.1, -0.05) is 27.5 Å². The van der Waals surface area contributed by atoms with Gasteiger partial charge in [-0.3, -0.25) is 0 Å². The van der Waals surface area contributed by atoms with Gasteiger partial charge in [0.25, 0.3) is 0 Å². The number of aryl methyl sites for hydroxylation is 2. The van der Waals surface area contributed by atoms with Crippen molar-refractivity contribution in [3.05, 3.63) is 28.3 Å². The fraction of sp³-hybridized carbons (Fsp3) is 0.500. The minimum Gasteiger partial charge on any atom is -0.490 e. The second kappa shape index (κ2) is 4.34. The Labute approximate surface area is 104 Å². The number of hydrogen-bond acceptors (Lipinski definition) is 1. The Morgan fingerprint density at radius 3 is 2.27 bits per heavy atom. The van der Waals surface area contributed by atoms with E-state index < -0.39 is 0 Å². The van der Waals surface area contributed by atoms with Gasteiger partial charge in [0.15, 0.2) is 0 Å². The maximum absolute atomic E-state index is 6.09. The molecular weight excluding hydrogens is 275 g/mol. The van der Waals surface area contributed by atoms with E-state index in [4.69, 9.17) is 16.3 Å². The van der Waals surface area contributed by atoms with Crippen molar-refractivity contribution in [2.75, 3.05) is 0 Å². The second-order valence-corrected chi connectivity index (χ2v) is 5.85. The molecule has 82 valence electrons. The van der Waals surface area contributed by atoms with Crippen LogP contribution in [0.1, 0.15) is 24.0 Å². The molecule has 1 saturated carbocycles. The first kappa shape index (κ1) is 11.3. The van der Waals surface area contributed by atoms with Crippen LogP contribution in [0.15, 0.2) is 12.1 Å². The summed E-state index contributed by atoms with van der Waals surface area (Å²) >= 11 is 9.65. The van der Waals surface area contributed by atoms with Crippen LogP contribution in [0.5, 0.6) is 5.75 Å². The largest absolute Gasteiger partial charge is 0.490 e. The van der Waals surface area contributed by atoms with E-state index in [1.165, 1.54) is 0 Å². The Bertz CT molecular complexity index is 349. The van der Waals surface area contributed by atoms with E-state index in [2.05, 4.69) is 15.9 Å². The van der Waals surface area contributed by atoms with Gasteiger partial charge in [0.2, 0.25) is 0 Å². The molecule has 1 nitrogen and oxygen atoms in total. The predicted octanol–water partition coefficient (Wildman–Crippen LogP) is 4.26. The van der Waals surface area contributed by atoms with E-state index >= 15 is 0 Å². The van der Waals surface area contributed by atoms with Gasteiger partial charge in [0.05, 0.1) is 0 Å². The summed E-state index contributed by atoms with van der Waals surface area (Å²) in [7, 11) is 0. The van der Waals surface area contributed by atoms with Gasteiger partial charge in [0, 0.05) is 9.85 Å². The molecule has 0 saturated heterocycles. The van der Waals surface area contributed by atoms with E-state index in [0.717, 1.165) is 34.7 Å². The summed E-state index contributed by atoms with van der Waals surface area (Å²) in [4.78, 5) is 0.636. The summed E-state index contributed by atoms with van der Waals surface area (Å²) in [5.74, 6) is 0.943. The van der Waals surface area contributed by atoms with Crippen molar-refractivity contribution in [1.82, 2.24) is 0 Å². The predicted molar refractivity (Wildman–Crippen MR) is 67.3 cm³/mol. The zero-order chi connectivity index (χ0) is 11.0. The second-order valence-electron chi connectivity index (χ2n) is 4.18. The van der Waals surface area contributed by atoms with Crippen LogP contribution in [0.25, 0.3) is 0 Å². The van der Waals surface area contributed by atoms with Gasteiger partial charge in [-0.25, -0.2) is 0 Å². The Balaban J connectivity index is 2.09. The Hall–Kier alpha value is -0.210. The molecule has 1 aliphatic rings. The quantitative estimate of drug-likeness (QED) is 0.739. The lowest BCUT2D eigenvalue weighted by Crippen LogP contribution is -2.33. The third-order valence-electron chi connectivity index (χ3n) is 2.75. The molecule has 0 unspecified atom stereocenters. The zero-order valence-corrected chi connectivity index (χ0v) is 11.2. The fourth-order valence-electron chi connectivity index (χ4n) is 1.76. The third-order valence-corrected chi connectivity index (χ3v) is 4.09. The molecule has 0 heterocycles. The molecule has 0 aromatic heterocycles. The SMILES string of the molecule is Cc1cc(OC2CC(Br)C2)cc(C)c1Cl. The first-order valence-corrected chi connectivity index (χ1v) is 6.43. The molecule has 0 amide bonds. The topological polar surface area (TPSA) is 9.23 Å². The van der Waals surface area contributed by atoms with Crippen LogP contribution in [0.2, 0.25) is 5.02 Å². The average molecular weight is 290 g/mol. The van der Waals surface area contributed by atoms with Crippen molar-refractivity contribution in [3.63, 3.8) is 0 Å². The minimum absolute atomic E-state index is 0.370. The minimum atomic E-state index is 0.370. The van der Waals surface area contributed by atoms with Gasteiger partial charge in [-0.2, -0.15) is 0 Å². The van der Waals surface area contributed by atoms with Crippen LogP contribution in [-0.4, -0.2) is 10.9 Å². The average Bonchev–Trinajstić information content (AvgIpc) is 2.11.